The van der Waals surface area contributed by atoms with E-state index in [4.69, 9.17) is 0 Å². The van der Waals surface area contributed by atoms with Crippen LogP contribution in [0.2, 0.25) is 0 Å². The Kier molecular flexibility index (Phi) is 3.37. The summed E-state index contributed by atoms with van der Waals surface area (Å²) in [4.78, 5) is 10.6. The average Bonchev–Trinajstić information content (AvgIpc) is 2.13. The number of phenols is 2. The highest BCUT2D eigenvalue weighted by atomic mass is 79.9. The lowest BCUT2D eigenvalue weighted by atomic mass is 10.2. The molecule has 0 aromatic heterocycles. The summed E-state index contributed by atoms with van der Waals surface area (Å²) in [6, 6.07) is 0. The molecular formula is C7H3Br3O3. The first-order valence-electron chi connectivity index (χ1n) is 3.04. The second-order valence-corrected chi connectivity index (χ2v) is 4.55. The van der Waals surface area contributed by atoms with Crippen molar-refractivity contribution in [3.63, 3.8) is 0 Å². The topological polar surface area (TPSA) is 57.5 Å². The molecule has 0 bridgehead atoms. The van der Waals surface area contributed by atoms with Crippen LogP contribution in [0.1, 0.15) is 10.4 Å². The first kappa shape index (κ1) is 11.0. The third-order valence-corrected chi connectivity index (χ3v) is 4.35. The Hall–Kier alpha value is -0.0700. The highest BCUT2D eigenvalue weighted by molar-refractivity contribution is 9.13. The number of aromatic hydroxyl groups is 2. The van der Waals surface area contributed by atoms with Gasteiger partial charge in [0, 0.05) is 10.0 Å². The molecule has 0 amide bonds. The van der Waals surface area contributed by atoms with Gasteiger partial charge in [-0.1, -0.05) is 0 Å². The lowest BCUT2D eigenvalue weighted by Crippen LogP contribution is -1.88. The van der Waals surface area contributed by atoms with E-state index in [2.05, 4.69) is 47.8 Å². The Morgan fingerprint density at radius 2 is 1.38 bits per heavy atom. The molecule has 0 aliphatic carbocycles. The van der Waals surface area contributed by atoms with Gasteiger partial charge in [-0.15, -0.1) is 0 Å². The third-order valence-electron chi connectivity index (χ3n) is 1.42. The minimum atomic E-state index is -0.364. The predicted molar refractivity (Wildman–Crippen MR) is 58.3 cm³/mol. The maximum atomic E-state index is 10.6. The summed E-state index contributed by atoms with van der Waals surface area (Å²) in [6.45, 7) is 0. The summed E-state index contributed by atoms with van der Waals surface area (Å²) >= 11 is 9.10. The van der Waals surface area contributed by atoms with Gasteiger partial charge in [-0.25, -0.2) is 0 Å². The summed E-state index contributed by atoms with van der Waals surface area (Å²) in [6.07, 6.45) is 0.568. The Labute approximate surface area is 99.1 Å². The van der Waals surface area contributed by atoms with Crippen molar-refractivity contribution in [1.82, 2.24) is 0 Å². The molecule has 1 aromatic rings. The van der Waals surface area contributed by atoms with Crippen LogP contribution in [-0.4, -0.2) is 16.5 Å². The molecule has 0 saturated heterocycles. The Bertz CT molecular complexity index is 347. The summed E-state index contributed by atoms with van der Waals surface area (Å²) < 4.78 is 0.801. The van der Waals surface area contributed by atoms with E-state index >= 15 is 0 Å². The summed E-state index contributed by atoms with van der Waals surface area (Å²) in [5.74, 6) is -0.679. The fraction of sp³-hybridized carbons (Fsp3) is 0. The fourth-order valence-corrected chi connectivity index (χ4v) is 2.38. The van der Waals surface area contributed by atoms with Gasteiger partial charge in [0.2, 0.25) is 0 Å². The van der Waals surface area contributed by atoms with Gasteiger partial charge in [-0.05, 0) is 47.8 Å². The van der Waals surface area contributed by atoms with Crippen molar-refractivity contribution in [1.29, 1.82) is 0 Å². The lowest BCUT2D eigenvalue weighted by molar-refractivity contribution is 0.112. The molecule has 0 atom stereocenters. The third kappa shape index (κ3) is 1.75. The van der Waals surface area contributed by atoms with E-state index < -0.39 is 0 Å². The van der Waals surface area contributed by atoms with Gasteiger partial charge in [0.25, 0.3) is 0 Å². The molecule has 0 spiro atoms. The quantitative estimate of drug-likeness (QED) is 0.451. The second-order valence-electron chi connectivity index (χ2n) is 2.17. The number of hydrogen-bond donors (Lipinski definition) is 2. The zero-order valence-electron chi connectivity index (χ0n) is 6.01. The number of carbonyl (C=O) groups excluding carboxylic acids is 1. The van der Waals surface area contributed by atoms with Crippen LogP contribution in [0.5, 0.6) is 11.5 Å². The van der Waals surface area contributed by atoms with Crippen LogP contribution in [0, 0.1) is 0 Å². The van der Waals surface area contributed by atoms with Gasteiger partial charge >= 0.3 is 0 Å². The van der Waals surface area contributed by atoms with E-state index in [0.29, 0.717) is 10.8 Å². The van der Waals surface area contributed by atoms with E-state index in [-0.39, 0.29) is 26.0 Å². The average molecular weight is 375 g/mol. The molecule has 0 aliphatic heterocycles. The number of aldehydes is 1. The van der Waals surface area contributed by atoms with Gasteiger partial charge < -0.3 is 10.2 Å². The lowest BCUT2D eigenvalue weighted by Gasteiger charge is -2.08. The van der Waals surface area contributed by atoms with Gasteiger partial charge in [0.05, 0.1) is 8.95 Å². The summed E-state index contributed by atoms with van der Waals surface area (Å²) in [7, 11) is 0. The first-order valence-corrected chi connectivity index (χ1v) is 5.42. The van der Waals surface area contributed by atoms with Gasteiger partial charge in [0.1, 0.15) is 0 Å². The Morgan fingerprint density at radius 1 is 0.923 bits per heavy atom. The molecule has 0 saturated carbocycles. The minimum absolute atomic E-state index is 0.162. The van der Waals surface area contributed by atoms with E-state index in [0.717, 1.165) is 0 Å². The zero-order valence-corrected chi connectivity index (χ0v) is 10.8. The van der Waals surface area contributed by atoms with Crippen molar-refractivity contribution in [3.8, 4) is 11.5 Å². The molecule has 1 rings (SSSR count). The number of rotatable bonds is 1. The van der Waals surface area contributed by atoms with Gasteiger partial charge in [0.15, 0.2) is 17.8 Å². The second kappa shape index (κ2) is 3.98. The highest BCUT2D eigenvalue weighted by Crippen LogP contribution is 2.46. The van der Waals surface area contributed by atoms with E-state index in [1.54, 1.807) is 0 Å². The van der Waals surface area contributed by atoms with Crippen molar-refractivity contribution in [2.24, 2.45) is 0 Å². The molecule has 0 heterocycles. The molecule has 0 unspecified atom stereocenters. The molecule has 2 N–H and O–H groups in total. The molecule has 70 valence electrons. The van der Waals surface area contributed by atoms with Crippen molar-refractivity contribution in [2.75, 3.05) is 0 Å². The molecule has 3 nitrogen and oxygen atoms in total. The molecular weight excluding hydrogens is 372 g/mol. The summed E-state index contributed by atoms with van der Waals surface area (Å²) in [5.41, 5.74) is 0.238. The van der Waals surface area contributed by atoms with Crippen LogP contribution in [0.4, 0.5) is 0 Å². The van der Waals surface area contributed by atoms with Crippen LogP contribution < -0.4 is 0 Å². The predicted octanol–water partition coefficient (Wildman–Crippen LogP) is 3.20. The fourth-order valence-electron chi connectivity index (χ4n) is 0.757. The molecule has 13 heavy (non-hydrogen) atoms. The van der Waals surface area contributed by atoms with Crippen LogP contribution in [0.15, 0.2) is 13.4 Å². The van der Waals surface area contributed by atoms with Crippen LogP contribution in [0.25, 0.3) is 0 Å². The smallest absolute Gasteiger partial charge is 0.174 e. The maximum Gasteiger partial charge on any atom is 0.174 e. The van der Waals surface area contributed by atoms with Crippen molar-refractivity contribution in [3.05, 3.63) is 19.0 Å². The number of halogens is 3. The van der Waals surface area contributed by atoms with Crippen molar-refractivity contribution in [2.45, 2.75) is 0 Å². The highest BCUT2D eigenvalue weighted by Gasteiger charge is 2.18. The standard InChI is InChI=1S/C7H3Br3O3/c8-3-2(1-11)4(9)6(12)7(13)5(3)10/h1,12-13H. The minimum Gasteiger partial charge on any atom is -0.503 e. The monoisotopic (exact) mass is 372 g/mol. The molecule has 6 heteroatoms. The van der Waals surface area contributed by atoms with Crippen LogP contribution >= 0.6 is 47.8 Å². The largest absolute Gasteiger partial charge is 0.503 e. The normalized spacial score (nSPS) is 10.1. The first-order chi connectivity index (χ1) is 6.00. The summed E-state index contributed by atoms with van der Waals surface area (Å²) in [5, 5.41) is 18.6. The molecule has 0 fully saturated rings. The van der Waals surface area contributed by atoms with Crippen LogP contribution in [-0.2, 0) is 0 Å². The Balaban J connectivity index is 3.66. The maximum absolute atomic E-state index is 10.6. The van der Waals surface area contributed by atoms with Gasteiger partial charge in [-0.3, -0.25) is 4.79 Å². The number of phenolic OH excluding ortho intramolecular Hbond substituents is 2. The van der Waals surface area contributed by atoms with Crippen molar-refractivity contribution >= 4 is 54.1 Å². The number of carbonyl (C=O) groups is 1. The number of benzene rings is 1. The van der Waals surface area contributed by atoms with E-state index in [1.165, 1.54) is 0 Å². The number of hydrogen-bond acceptors (Lipinski definition) is 3. The Morgan fingerprint density at radius 3 is 1.85 bits per heavy atom. The molecule has 0 aliphatic rings. The van der Waals surface area contributed by atoms with Gasteiger partial charge in [-0.2, -0.15) is 0 Å². The van der Waals surface area contributed by atoms with E-state index in [1.807, 2.05) is 0 Å². The molecule has 1 aromatic carbocycles. The molecule has 0 radical (unpaired) electrons. The SMILES string of the molecule is O=Cc1c(Br)c(O)c(O)c(Br)c1Br. The zero-order chi connectivity index (χ0) is 10.2. The van der Waals surface area contributed by atoms with Crippen molar-refractivity contribution < 1.29 is 15.0 Å². The van der Waals surface area contributed by atoms with E-state index in [9.17, 15) is 15.0 Å². The van der Waals surface area contributed by atoms with Crippen LogP contribution in [0.3, 0.4) is 0 Å².